The third-order valence-electron chi connectivity index (χ3n) is 13.0. The van der Waals surface area contributed by atoms with Gasteiger partial charge in [0.25, 0.3) is 0 Å². The van der Waals surface area contributed by atoms with E-state index in [9.17, 15) is 0 Å². The van der Waals surface area contributed by atoms with Gasteiger partial charge in [0.15, 0.2) is 0 Å². The fraction of sp³-hybridized carbons (Fsp3) is 0.200. The number of benzene rings is 6. The molecule has 2 heteroatoms. The number of furan rings is 1. The molecular formula is C45H33NO. The van der Waals surface area contributed by atoms with Crippen molar-refractivity contribution < 1.29 is 4.42 Å². The number of rotatable bonds is 2. The molecule has 0 radical (unpaired) electrons. The van der Waals surface area contributed by atoms with E-state index in [1.807, 2.05) is 6.07 Å². The number of nitrogens with zero attached hydrogens (tertiary/aromatic N) is 1. The smallest absolute Gasteiger partial charge is 0.137 e. The molecule has 5 aliphatic carbocycles. The minimum absolute atomic E-state index is 0.184. The first-order chi connectivity index (χ1) is 23.3. The van der Waals surface area contributed by atoms with Gasteiger partial charge in [-0.25, -0.2) is 0 Å². The van der Waals surface area contributed by atoms with Crippen LogP contribution < -0.4 is 0 Å². The summed E-state index contributed by atoms with van der Waals surface area (Å²) in [6.07, 6.45) is 5.69. The molecule has 5 aliphatic rings. The minimum atomic E-state index is 0.184. The number of hydrogen-bond acceptors (Lipinski definition) is 1. The molecule has 0 amide bonds. The van der Waals surface area contributed by atoms with E-state index in [0.29, 0.717) is 0 Å². The van der Waals surface area contributed by atoms with Gasteiger partial charge in [0.2, 0.25) is 0 Å². The van der Waals surface area contributed by atoms with E-state index in [1.165, 1.54) is 69.7 Å². The van der Waals surface area contributed by atoms with E-state index in [1.54, 1.807) is 11.1 Å². The molecule has 8 aromatic rings. The van der Waals surface area contributed by atoms with Crippen molar-refractivity contribution in [2.75, 3.05) is 0 Å². The van der Waals surface area contributed by atoms with Gasteiger partial charge in [-0.2, -0.15) is 0 Å². The second-order valence-corrected chi connectivity index (χ2v) is 14.8. The third-order valence-corrected chi connectivity index (χ3v) is 13.0. The van der Waals surface area contributed by atoms with Crippen molar-refractivity contribution in [2.24, 2.45) is 23.7 Å². The van der Waals surface area contributed by atoms with Crippen LogP contribution in [0.1, 0.15) is 36.8 Å². The fourth-order valence-electron chi connectivity index (χ4n) is 11.6. The lowest BCUT2D eigenvalue weighted by molar-refractivity contribution is 0.191. The summed E-state index contributed by atoms with van der Waals surface area (Å²) >= 11 is 0. The molecule has 224 valence electrons. The Kier molecular flexibility index (Phi) is 4.60. The summed E-state index contributed by atoms with van der Waals surface area (Å²) in [6, 6.07) is 47.7. The Hall–Kier alpha value is -5.08. The molecule has 2 aromatic heterocycles. The average molecular weight is 604 g/mol. The van der Waals surface area contributed by atoms with Crippen LogP contribution in [-0.4, -0.2) is 4.57 Å². The van der Waals surface area contributed by atoms with Crippen LogP contribution in [0.5, 0.6) is 0 Å². The Bertz CT molecular complexity index is 2630. The van der Waals surface area contributed by atoms with Gasteiger partial charge in [-0.1, -0.05) is 91.0 Å². The summed E-state index contributed by atoms with van der Waals surface area (Å²) in [5, 5.41) is 4.94. The Morgan fingerprint density at radius 2 is 1.30 bits per heavy atom. The molecule has 47 heavy (non-hydrogen) atoms. The lowest BCUT2D eigenvalue weighted by Gasteiger charge is -2.43. The third kappa shape index (κ3) is 2.95. The molecule has 2 nitrogen and oxygen atoms in total. The van der Waals surface area contributed by atoms with Crippen molar-refractivity contribution in [3.8, 4) is 27.9 Å². The molecular weight excluding hydrogens is 571 g/mol. The highest BCUT2D eigenvalue weighted by Gasteiger charge is 2.66. The molecule has 4 saturated carbocycles. The van der Waals surface area contributed by atoms with Crippen LogP contribution in [0.25, 0.3) is 71.7 Å². The van der Waals surface area contributed by atoms with Gasteiger partial charge in [-0.05, 0) is 113 Å². The summed E-state index contributed by atoms with van der Waals surface area (Å²) in [6.45, 7) is 0. The van der Waals surface area contributed by atoms with E-state index in [-0.39, 0.29) is 5.41 Å². The monoisotopic (exact) mass is 603 g/mol. The first-order valence-corrected chi connectivity index (χ1v) is 17.5. The summed E-state index contributed by atoms with van der Waals surface area (Å²) in [4.78, 5) is 0. The van der Waals surface area contributed by atoms with E-state index < -0.39 is 0 Å². The highest BCUT2D eigenvalue weighted by molar-refractivity contribution is 6.17. The minimum Gasteiger partial charge on any atom is -0.456 e. The van der Waals surface area contributed by atoms with Crippen molar-refractivity contribution in [1.29, 1.82) is 0 Å². The van der Waals surface area contributed by atoms with Crippen LogP contribution >= 0.6 is 0 Å². The van der Waals surface area contributed by atoms with E-state index in [4.69, 9.17) is 4.42 Å². The van der Waals surface area contributed by atoms with E-state index in [2.05, 4.69) is 126 Å². The van der Waals surface area contributed by atoms with Crippen molar-refractivity contribution in [2.45, 2.75) is 31.1 Å². The van der Waals surface area contributed by atoms with Gasteiger partial charge >= 0.3 is 0 Å². The zero-order chi connectivity index (χ0) is 30.4. The van der Waals surface area contributed by atoms with Crippen molar-refractivity contribution in [3.63, 3.8) is 0 Å². The second-order valence-electron chi connectivity index (χ2n) is 14.8. The molecule has 0 saturated heterocycles. The molecule has 13 rings (SSSR count). The van der Waals surface area contributed by atoms with Crippen molar-refractivity contribution in [1.82, 2.24) is 4.57 Å². The molecule has 0 aliphatic heterocycles. The van der Waals surface area contributed by atoms with Crippen LogP contribution in [0.15, 0.2) is 132 Å². The summed E-state index contributed by atoms with van der Waals surface area (Å²) in [5.74, 6) is 3.41. The van der Waals surface area contributed by atoms with Crippen molar-refractivity contribution in [3.05, 3.63) is 139 Å². The topological polar surface area (TPSA) is 18.1 Å². The average Bonchev–Trinajstić information content (AvgIpc) is 3.87. The predicted molar refractivity (Wildman–Crippen MR) is 192 cm³/mol. The summed E-state index contributed by atoms with van der Waals surface area (Å²) in [5.41, 5.74) is 14.5. The molecule has 2 heterocycles. The van der Waals surface area contributed by atoms with Crippen LogP contribution in [0.3, 0.4) is 0 Å². The maximum atomic E-state index is 6.37. The fourth-order valence-corrected chi connectivity index (χ4v) is 11.6. The van der Waals surface area contributed by atoms with Crippen LogP contribution in [0.4, 0.5) is 0 Å². The molecule has 4 bridgehead atoms. The molecule has 1 spiro atoms. The van der Waals surface area contributed by atoms with E-state index in [0.717, 1.165) is 51.3 Å². The Morgan fingerprint density at radius 1 is 0.553 bits per heavy atom. The maximum absolute atomic E-state index is 6.37. The molecule has 0 N–H and O–H groups in total. The quantitative estimate of drug-likeness (QED) is 0.192. The van der Waals surface area contributed by atoms with Crippen LogP contribution in [-0.2, 0) is 5.41 Å². The predicted octanol–water partition coefficient (Wildman–Crippen LogP) is 11.7. The zero-order valence-corrected chi connectivity index (χ0v) is 26.1. The number of para-hydroxylation sites is 2. The SMILES string of the molecule is c1ccc2c(c1)-c1c(-c3cccc4c3c3ccccc3n4-c3ccc4c(c3)oc3ccccc34)cccc1C21C2CC3CC(C2)C1C3. The Morgan fingerprint density at radius 3 is 2.26 bits per heavy atom. The maximum Gasteiger partial charge on any atom is 0.137 e. The molecule has 5 atom stereocenters. The van der Waals surface area contributed by atoms with Crippen LogP contribution in [0.2, 0.25) is 0 Å². The summed E-state index contributed by atoms with van der Waals surface area (Å²) < 4.78 is 8.80. The first kappa shape index (κ1) is 25.1. The number of aromatic nitrogens is 1. The molecule has 4 fully saturated rings. The zero-order valence-electron chi connectivity index (χ0n) is 26.1. The Labute approximate surface area is 273 Å². The number of fused-ring (bicyclic) bond motifs is 9. The Balaban J connectivity index is 1.13. The molecule has 5 unspecified atom stereocenters. The van der Waals surface area contributed by atoms with Gasteiger partial charge in [-0.3, -0.25) is 0 Å². The van der Waals surface area contributed by atoms with Gasteiger partial charge < -0.3 is 8.98 Å². The van der Waals surface area contributed by atoms with Gasteiger partial charge in [0, 0.05) is 38.7 Å². The van der Waals surface area contributed by atoms with E-state index >= 15 is 0 Å². The lowest BCUT2D eigenvalue weighted by atomic mass is 9.59. The largest absolute Gasteiger partial charge is 0.456 e. The first-order valence-electron chi connectivity index (χ1n) is 17.5. The van der Waals surface area contributed by atoms with Gasteiger partial charge in [-0.15, -0.1) is 0 Å². The van der Waals surface area contributed by atoms with Gasteiger partial charge in [0.1, 0.15) is 11.2 Å². The normalized spacial score (nSPS) is 25.2. The second kappa shape index (κ2) is 8.63. The highest BCUT2D eigenvalue weighted by Crippen LogP contribution is 2.73. The lowest BCUT2D eigenvalue weighted by Crippen LogP contribution is -2.40. The standard InChI is InChI=1S/C45H33NO/c1-4-14-36-34(10-1)43-32(12-7-15-37(43)45(36)28-22-26-21-27(24-28)38(45)23-26)33-13-8-17-40-44(33)35-11-2-5-16-39(35)46(40)29-19-20-31-30-9-3-6-18-41(30)47-42(31)25-29/h1-20,25-28,38H,21-24H2. The van der Waals surface area contributed by atoms with Gasteiger partial charge in [0.05, 0.1) is 11.0 Å². The van der Waals surface area contributed by atoms with Crippen LogP contribution in [0, 0.1) is 23.7 Å². The molecule has 6 aromatic carbocycles. The number of hydrogen-bond donors (Lipinski definition) is 0. The summed E-state index contributed by atoms with van der Waals surface area (Å²) in [7, 11) is 0. The van der Waals surface area contributed by atoms with Crippen molar-refractivity contribution >= 4 is 43.7 Å². The highest BCUT2D eigenvalue weighted by atomic mass is 16.3.